The fourth-order valence-electron chi connectivity index (χ4n) is 2.10. The molecule has 0 bridgehead atoms. The van der Waals surface area contributed by atoms with Crippen molar-refractivity contribution in [1.29, 1.82) is 0 Å². The van der Waals surface area contributed by atoms with E-state index in [1.165, 1.54) is 45.3 Å². The molecule has 1 aliphatic rings. The maximum absolute atomic E-state index is 8.89. The van der Waals surface area contributed by atoms with Crippen LogP contribution in [-0.4, -0.2) is 25.6 Å². The molecule has 1 N–H and O–H groups in total. The Kier molecular flexibility index (Phi) is 8.38. The zero-order valence-corrected chi connectivity index (χ0v) is 10.3. The van der Waals surface area contributed by atoms with E-state index in [1.54, 1.807) is 0 Å². The van der Waals surface area contributed by atoms with Crippen LogP contribution in [0, 0.1) is 5.92 Å². The van der Waals surface area contributed by atoms with Crippen molar-refractivity contribution in [3.63, 3.8) is 0 Å². The second-order valence-corrected chi connectivity index (χ2v) is 4.34. The predicted molar refractivity (Wildman–Crippen MR) is 59.6 cm³/mol. The van der Waals surface area contributed by atoms with Gasteiger partial charge in [0.1, 0.15) is 0 Å². The van der Waals surface area contributed by atoms with E-state index in [4.69, 9.17) is 9.90 Å². The van der Waals surface area contributed by atoms with E-state index in [0.29, 0.717) is 0 Å². The topological polar surface area (TPSA) is 44.6 Å². The van der Waals surface area contributed by atoms with E-state index in [1.807, 2.05) is 4.90 Å². The Hall–Kier alpha value is -0.570. The summed E-state index contributed by atoms with van der Waals surface area (Å²) in [6, 6.07) is 0. The second kappa shape index (κ2) is 8.72. The Balaban J connectivity index is 0.000000423. The summed E-state index contributed by atoms with van der Waals surface area (Å²) in [4.78, 5) is 10.7. The van der Waals surface area contributed by atoms with Crippen molar-refractivity contribution in [1.82, 2.24) is 0 Å². The number of carboxylic acids is 1. The molecule has 0 radical (unpaired) electrons. The summed E-state index contributed by atoms with van der Waals surface area (Å²) in [5, 5.41) is 8.89. The van der Waals surface area contributed by atoms with Crippen LogP contribution in [0.25, 0.3) is 0 Å². The van der Waals surface area contributed by atoms with Crippen molar-refractivity contribution in [3.05, 3.63) is 0 Å². The van der Waals surface area contributed by atoms with Gasteiger partial charge in [-0.05, 0) is 32.1 Å². The van der Waals surface area contributed by atoms with Crippen LogP contribution in [0.15, 0.2) is 0 Å². The number of piperidine rings is 1. The van der Waals surface area contributed by atoms with Crippen LogP contribution in [0.4, 0.5) is 0 Å². The van der Waals surface area contributed by atoms with Crippen LogP contribution in [-0.2, 0) is 4.79 Å². The van der Waals surface area contributed by atoms with E-state index in [2.05, 4.69) is 13.8 Å². The highest BCUT2D eigenvalue weighted by Gasteiger charge is 2.19. The molecular formula is C12H25NO2. The molecule has 1 saturated heterocycles. The third-order valence-corrected chi connectivity index (χ3v) is 2.99. The third kappa shape index (κ3) is 8.43. The standard InChI is InChI=1S/C10H21N.C2H4O2/c1-3-7-11-8-5-10(4-2)6-9-11;1-2(3)4/h10H,3-9H2,1-2H3;1H3,(H,3,4). The first-order valence-electron chi connectivity index (χ1n) is 6.11. The highest BCUT2D eigenvalue weighted by Crippen LogP contribution is 2.12. The van der Waals surface area contributed by atoms with Gasteiger partial charge in [-0.15, -0.1) is 0 Å². The SMILES string of the molecule is CC(=O)[O-].CCC[NH+]1CCC(CC)CC1. The highest BCUT2D eigenvalue weighted by molar-refractivity contribution is 5.60. The molecule has 0 unspecified atom stereocenters. The Morgan fingerprint density at radius 3 is 2.13 bits per heavy atom. The van der Waals surface area contributed by atoms with Gasteiger partial charge in [0.2, 0.25) is 0 Å². The molecule has 0 aromatic heterocycles. The van der Waals surface area contributed by atoms with Crippen molar-refractivity contribution < 1.29 is 14.8 Å². The van der Waals surface area contributed by atoms with Gasteiger partial charge in [-0.1, -0.05) is 20.3 Å². The summed E-state index contributed by atoms with van der Waals surface area (Å²) in [6.07, 6.45) is 5.71. The van der Waals surface area contributed by atoms with Crippen molar-refractivity contribution >= 4 is 5.97 Å². The Labute approximate surface area is 93.5 Å². The molecule has 1 aliphatic heterocycles. The summed E-state index contributed by atoms with van der Waals surface area (Å²) in [7, 11) is 0. The fraction of sp³-hybridized carbons (Fsp3) is 0.917. The van der Waals surface area contributed by atoms with Gasteiger partial charge in [0.15, 0.2) is 0 Å². The average Bonchev–Trinajstić information content (AvgIpc) is 2.19. The van der Waals surface area contributed by atoms with Crippen LogP contribution in [0.3, 0.4) is 0 Å². The van der Waals surface area contributed by atoms with Gasteiger partial charge in [0.25, 0.3) is 0 Å². The number of likely N-dealkylation sites (tertiary alicyclic amines) is 1. The van der Waals surface area contributed by atoms with E-state index < -0.39 is 5.97 Å². The highest BCUT2D eigenvalue weighted by atomic mass is 16.4. The van der Waals surface area contributed by atoms with Gasteiger partial charge >= 0.3 is 0 Å². The van der Waals surface area contributed by atoms with Crippen LogP contribution >= 0.6 is 0 Å². The van der Waals surface area contributed by atoms with E-state index in [9.17, 15) is 0 Å². The molecular weight excluding hydrogens is 190 g/mol. The maximum Gasteiger partial charge on any atom is 0.0773 e. The van der Waals surface area contributed by atoms with Crippen LogP contribution in [0.2, 0.25) is 0 Å². The number of aliphatic carboxylic acids is 1. The van der Waals surface area contributed by atoms with Crippen molar-refractivity contribution in [2.24, 2.45) is 5.92 Å². The zero-order valence-electron chi connectivity index (χ0n) is 10.3. The lowest BCUT2D eigenvalue weighted by Crippen LogP contribution is -3.13. The van der Waals surface area contributed by atoms with Gasteiger partial charge in [-0.25, -0.2) is 0 Å². The number of nitrogens with one attached hydrogen (secondary N) is 1. The minimum absolute atomic E-state index is 0.972. The summed E-state index contributed by atoms with van der Waals surface area (Å²) < 4.78 is 0. The molecule has 1 heterocycles. The van der Waals surface area contributed by atoms with Gasteiger partial charge < -0.3 is 14.8 Å². The molecule has 15 heavy (non-hydrogen) atoms. The lowest BCUT2D eigenvalue weighted by atomic mass is 9.94. The number of rotatable bonds is 3. The van der Waals surface area contributed by atoms with Crippen molar-refractivity contribution in [2.75, 3.05) is 19.6 Å². The smallest absolute Gasteiger partial charge is 0.0773 e. The van der Waals surface area contributed by atoms with Crippen molar-refractivity contribution in [2.45, 2.75) is 46.5 Å². The fourth-order valence-corrected chi connectivity index (χ4v) is 2.10. The van der Waals surface area contributed by atoms with Crippen LogP contribution in [0.1, 0.15) is 46.5 Å². The van der Waals surface area contributed by atoms with Gasteiger partial charge in [0, 0.05) is 5.97 Å². The number of carbonyl (C=O) groups excluding carboxylic acids is 1. The molecule has 0 saturated carbocycles. The average molecular weight is 215 g/mol. The molecule has 90 valence electrons. The Bertz CT molecular complexity index is 159. The summed E-state index contributed by atoms with van der Waals surface area (Å²) >= 11 is 0. The van der Waals surface area contributed by atoms with Gasteiger partial charge in [0.05, 0.1) is 19.6 Å². The van der Waals surface area contributed by atoms with E-state index in [-0.39, 0.29) is 0 Å². The Morgan fingerprint density at radius 1 is 1.33 bits per heavy atom. The maximum atomic E-state index is 8.89. The molecule has 3 nitrogen and oxygen atoms in total. The lowest BCUT2D eigenvalue weighted by molar-refractivity contribution is -0.906. The first-order valence-corrected chi connectivity index (χ1v) is 6.11. The van der Waals surface area contributed by atoms with Crippen molar-refractivity contribution in [3.8, 4) is 0 Å². The second-order valence-electron chi connectivity index (χ2n) is 4.34. The molecule has 0 aliphatic carbocycles. The minimum Gasteiger partial charge on any atom is -0.550 e. The van der Waals surface area contributed by atoms with E-state index >= 15 is 0 Å². The largest absolute Gasteiger partial charge is 0.550 e. The number of hydrogen-bond donors (Lipinski definition) is 1. The number of hydrogen-bond acceptors (Lipinski definition) is 2. The number of quaternary nitrogens is 1. The molecule has 1 rings (SSSR count). The molecule has 0 spiro atoms. The molecule has 0 atom stereocenters. The third-order valence-electron chi connectivity index (χ3n) is 2.99. The summed E-state index contributed by atoms with van der Waals surface area (Å²) in [5.41, 5.74) is 0. The van der Waals surface area contributed by atoms with Gasteiger partial charge in [-0.3, -0.25) is 0 Å². The normalized spacial score (nSPS) is 25.3. The first-order chi connectivity index (χ1) is 7.10. The monoisotopic (exact) mass is 215 g/mol. The lowest BCUT2D eigenvalue weighted by Gasteiger charge is -2.28. The molecule has 3 heteroatoms. The van der Waals surface area contributed by atoms with Crippen LogP contribution < -0.4 is 10.0 Å². The molecule has 1 fully saturated rings. The zero-order chi connectivity index (χ0) is 11.7. The van der Waals surface area contributed by atoms with Crippen LogP contribution in [0.5, 0.6) is 0 Å². The molecule has 0 aromatic rings. The predicted octanol–water partition coefficient (Wildman–Crippen LogP) is -0.142. The molecule has 0 aromatic carbocycles. The summed E-state index contributed by atoms with van der Waals surface area (Å²) in [5.74, 6) is -0.0318. The van der Waals surface area contributed by atoms with E-state index in [0.717, 1.165) is 12.8 Å². The number of carbonyl (C=O) groups is 1. The summed E-state index contributed by atoms with van der Waals surface area (Å²) in [6.45, 7) is 9.86. The minimum atomic E-state index is -1.08. The molecule has 0 amide bonds. The number of carboxylic acid groups (broad SMARTS) is 1. The quantitative estimate of drug-likeness (QED) is 0.712. The first kappa shape index (κ1) is 14.4. The Morgan fingerprint density at radius 2 is 1.80 bits per heavy atom. The van der Waals surface area contributed by atoms with Gasteiger partial charge in [-0.2, -0.15) is 0 Å².